The topological polar surface area (TPSA) is 102 Å². The smallest absolute Gasteiger partial charge is 0.243 e. The maximum atomic E-state index is 13.6. The molecule has 0 saturated carbocycles. The molecule has 1 aromatic carbocycles. The molecule has 0 unspecified atom stereocenters. The predicted molar refractivity (Wildman–Crippen MR) is 71.6 cm³/mol. The summed E-state index contributed by atoms with van der Waals surface area (Å²) >= 11 is 3.00. The summed E-state index contributed by atoms with van der Waals surface area (Å²) in [6.45, 7) is 0.0110. The Hall–Kier alpha value is -0.740. The number of anilines is 1. The lowest BCUT2D eigenvalue weighted by Crippen LogP contribution is -2.28. The van der Waals surface area contributed by atoms with Crippen molar-refractivity contribution in [2.45, 2.75) is 4.90 Å². The zero-order valence-corrected chi connectivity index (χ0v) is 12.3. The molecule has 0 aliphatic rings. The number of rotatable bonds is 7. The summed E-state index contributed by atoms with van der Waals surface area (Å²) in [4.78, 5) is -0.518. The second kappa shape index (κ2) is 7.15. The van der Waals surface area contributed by atoms with E-state index in [9.17, 15) is 12.8 Å². The Bertz CT molecular complexity index is 539. The summed E-state index contributed by atoms with van der Waals surface area (Å²) in [5.41, 5.74) is 5.65. The lowest BCUT2D eigenvalue weighted by Gasteiger charge is -2.09. The van der Waals surface area contributed by atoms with Crippen molar-refractivity contribution in [2.24, 2.45) is 0 Å². The molecule has 0 heterocycles. The van der Waals surface area contributed by atoms with Crippen molar-refractivity contribution in [1.29, 1.82) is 0 Å². The van der Waals surface area contributed by atoms with Gasteiger partial charge in [0, 0.05) is 16.7 Å². The first-order valence-corrected chi connectivity index (χ1v) is 7.59. The molecule has 0 aliphatic carbocycles. The predicted octanol–water partition coefficient (Wildman–Crippen LogP) is 0.458. The number of hydrogen-bond donors (Lipinski definition) is 3. The molecule has 0 amide bonds. The highest BCUT2D eigenvalue weighted by atomic mass is 79.9. The number of halogens is 2. The van der Waals surface area contributed by atoms with Crippen molar-refractivity contribution in [1.82, 2.24) is 4.72 Å². The monoisotopic (exact) mass is 356 g/mol. The zero-order chi connectivity index (χ0) is 14.5. The first-order valence-electron chi connectivity index (χ1n) is 5.31. The number of aliphatic hydroxyl groups is 1. The fourth-order valence-corrected chi connectivity index (χ4v) is 2.66. The molecule has 0 saturated heterocycles. The van der Waals surface area contributed by atoms with Crippen LogP contribution in [0.4, 0.5) is 10.1 Å². The normalized spacial score (nSPS) is 11.7. The minimum atomic E-state index is -3.99. The van der Waals surface area contributed by atoms with Crippen LogP contribution in [0.2, 0.25) is 0 Å². The second-order valence-electron chi connectivity index (χ2n) is 3.54. The maximum Gasteiger partial charge on any atom is 0.243 e. The minimum absolute atomic E-state index is 0.0300. The first kappa shape index (κ1) is 16.3. The van der Waals surface area contributed by atoms with E-state index in [1.807, 2.05) is 0 Å². The molecule has 0 spiro atoms. The quantitative estimate of drug-likeness (QED) is 0.486. The van der Waals surface area contributed by atoms with Crippen LogP contribution in [-0.4, -0.2) is 39.9 Å². The van der Waals surface area contributed by atoms with Gasteiger partial charge in [-0.2, -0.15) is 0 Å². The van der Waals surface area contributed by atoms with Gasteiger partial charge in [0.1, 0.15) is 10.7 Å². The van der Waals surface area contributed by atoms with Crippen LogP contribution in [-0.2, 0) is 14.8 Å². The van der Waals surface area contributed by atoms with E-state index in [-0.39, 0.29) is 36.5 Å². The maximum absolute atomic E-state index is 13.6. The molecule has 6 nitrogen and oxygen atoms in total. The Labute approximate surface area is 118 Å². The van der Waals surface area contributed by atoms with Gasteiger partial charge < -0.3 is 15.6 Å². The summed E-state index contributed by atoms with van der Waals surface area (Å²) in [6.07, 6.45) is 0. The van der Waals surface area contributed by atoms with E-state index in [4.69, 9.17) is 15.6 Å². The molecule has 1 rings (SSSR count). The SMILES string of the molecule is Nc1cc(S(=O)(=O)NCCOCCO)c(F)cc1Br. The summed E-state index contributed by atoms with van der Waals surface area (Å²) in [5, 5.41) is 8.46. The van der Waals surface area contributed by atoms with E-state index in [2.05, 4.69) is 20.7 Å². The molecule has 9 heteroatoms. The van der Waals surface area contributed by atoms with Gasteiger partial charge in [-0.3, -0.25) is 0 Å². The van der Waals surface area contributed by atoms with E-state index in [1.165, 1.54) is 0 Å². The Morgan fingerprint density at radius 2 is 2.11 bits per heavy atom. The third-order valence-electron chi connectivity index (χ3n) is 2.11. The minimum Gasteiger partial charge on any atom is -0.398 e. The van der Waals surface area contributed by atoms with Gasteiger partial charge in [-0.15, -0.1) is 0 Å². The lowest BCUT2D eigenvalue weighted by molar-refractivity contribution is 0.0961. The van der Waals surface area contributed by atoms with E-state index in [1.54, 1.807) is 0 Å². The highest BCUT2D eigenvalue weighted by Gasteiger charge is 2.20. The highest BCUT2D eigenvalue weighted by molar-refractivity contribution is 9.10. The number of ether oxygens (including phenoxy) is 1. The highest BCUT2D eigenvalue weighted by Crippen LogP contribution is 2.25. The van der Waals surface area contributed by atoms with Crippen LogP contribution in [0, 0.1) is 5.82 Å². The number of nitrogens with two attached hydrogens (primary N) is 1. The molecule has 19 heavy (non-hydrogen) atoms. The molecule has 0 aromatic heterocycles. The van der Waals surface area contributed by atoms with Gasteiger partial charge in [-0.1, -0.05) is 0 Å². The molecule has 0 fully saturated rings. The fourth-order valence-electron chi connectivity index (χ4n) is 1.24. The van der Waals surface area contributed by atoms with E-state index in [0.717, 1.165) is 12.1 Å². The van der Waals surface area contributed by atoms with Gasteiger partial charge in [-0.25, -0.2) is 17.5 Å². The van der Waals surface area contributed by atoms with E-state index >= 15 is 0 Å². The van der Waals surface area contributed by atoms with Crippen LogP contribution in [0.5, 0.6) is 0 Å². The van der Waals surface area contributed by atoms with Crippen LogP contribution < -0.4 is 10.5 Å². The Morgan fingerprint density at radius 3 is 2.74 bits per heavy atom. The molecular weight excluding hydrogens is 343 g/mol. The van der Waals surface area contributed by atoms with Gasteiger partial charge in [0.05, 0.1) is 19.8 Å². The van der Waals surface area contributed by atoms with E-state index < -0.39 is 20.7 Å². The van der Waals surface area contributed by atoms with Crippen molar-refractivity contribution in [3.63, 3.8) is 0 Å². The standard InChI is InChI=1S/C10H14BrFN2O4S/c11-7-5-8(12)10(6-9(7)13)19(16,17)14-1-3-18-4-2-15/h5-6,14-15H,1-4,13H2. The third-order valence-corrected chi connectivity index (χ3v) is 4.28. The Kier molecular flexibility index (Phi) is 6.14. The molecule has 1 aromatic rings. The van der Waals surface area contributed by atoms with Crippen molar-refractivity contribution in [2.75, 3.05) is 32.1 Å². The summed E-state index contributed by atoms with van der Waals surface area (Å²) < 4.78 is 44.6. The van der Waals surface area contributed by atoms with Crippen LogP contribution in [0.15, 0.2) is 21.5 Å². The first-order chi connectivity index (χ1) is 8.88. The molecule has 0 atom stereocenters. The zero-order valence-electron chi connectivity index (χ0n) is 9.90. The van der Waals surface area contributed by atoms with Crippen molar-refractivity contribution >= 4 is 31.6 Å². The molecule has 0 aliphatic heterocycles. The van der Waals surface area contributed by atoms with Crippen LogP contribution in [0.25, 0.3) is 0 Å². The van der Waals surface area contributed by atoms with Crippen LogP contribution in [0.1, 0.15) is 0 Å². The number of hydrogen-bond acceptors (Lipinski definition) is 5. The lowest BCUT2D eigenvalue weighted by atomic mass is 10.3. The molecule has 0 bridgehead atoms. The van der Waals surface area contributed by atoms with Gasteiger partial charge in [0.15, 0.2) is 0 Å². The Morgan fingerprint density at radius 1 is 1.42 bits per heavy atom. The third kappa shape index (κ3) is 4.69. The molecule has 4 N–H and O–H groups in total. The van der Waals surface area contributed by atoms with Gasteiger partial charge in [-0.05, 0) is 28.1 Å². The average Bonchev–Trinajstić information content (AvgIpc) is 2.33. The second-order valence-corrected chi connectivity index (χ2v) is 6.13. The number of sulfonamides is 1. The number of aliphatic hydroxyl groups excluding tert-OH is 1. The van der Waals surface area contributed by atoms with Crippen LogP contribution >= 0.6 is 15.9 Å². The summed E-state index contributed by atoms with van der Waals surface area (Å²) in [5.74, 6) is -0.898. The Balaban J connectivity index is 2.75. The largest absolute Gasteiger partial charge is 0.398 e. The van der Waals surface area contributed by atoms with Crippen molar-refractivity contribution in [3.05, 3.63) is 22.4 Å². The van der Waals surface area contributed by atoms with Gasteiger partial charge in [0.2, 0.25) is 10.0 Å². The summed E-state index contributed by atoms with van der Waals surface area (Å²) in [7, 11) is -3.99. The van der Waals surface area contributed by atoms with Crippen molar-refractivity contribution < 1.29 is 22.7 Å². The number of nitrogens with one attached hydrogen (secondary N) is 1. The van der Waals surface area contributed by atoms with E-state index in [0.29, 0.717) is 0 Å². The number of benzene rings is 1. The van der Waals surface area contributed by atoms with Gasteiger partial charge >= 0.3 is 0 Å². The molecule has 108 valence electrons. The van der Waals surface area contributed by atoms with Gasteiger partial charge in [0.25, 0.3) is 0 Å². The molecule has 0 radical (unpaired) electrons. The summed E-state index contributed by atoms with van der Waals surface area (Å²) in [6, 6.07) is 2.03. The van der Waals surface area contributed by atoms with Crippen molar-refractivity contribution in [3.8, 4) is 0 Å². The molecular formula is C10H14BrFN2O4S. The average molecular weight is 357 g/mol. The van der Waals surface area contributed by atoms with Crippen LogP contribution in [0.3, 0.4) is 0 Å². The number of nitrogen functional groups attached to an aromatic ring is 1. The fraction of sp³-hybridized carbons (Fsp3) is 0.400.